The van der Waals surface area contributed by atoms with Crippen molar-refractivity contribution in [2.75, 3.05) is 0 Å². The van der Waals surface area contributed by atoms with Crippen LogP contribution in [0.25, 0.3) is 16.0 Å². The van der Waals surface area contributed by atoms with Crippen molar-refractivity contribution in [1.82, 2.24) is 9.97 Å². The average molecular weight is 376 g/mol. The van der Waals surface area contributed by atoms with Gasteiger partial charge in [-0.1, -0.05) is 36.7 Å². The summed E-state index contributed by atoms with van der Waals surface area (Å²) in [6, 6.07) is 0.160. The van der Waals surface area contributed by atoms with E-state index in [1.54, 1.807) is 11.9 Å². The maximum Gasteiger partial charge on any atom is 0.115 e. The van der Waals surface area contributed by atoms with Gasteiger partial charge in [0.2, 0.25) is 0 Å². The van der Waals surface area contributed by atoms with Crippen LogP contribution in [0.15, 0.2) is 41.6 Å². The second kappa shape index (κ2) is 6.45. The quantitative estimate of drug-likeness (QED) is 0.270. The van der Waals surface area contributed by atoms with Crippen LogP contribution in [-0.4, -0.2) is 16.0 Å². The molecule has 0 aromatic carbocycles. The zero-order chi connectivity index (χ0) is 19.4. The van der Waals surface area contributed by atoms with Crippen LogP contribution in [0.5, 0.6) is 0 Å². The topological polar surface area (TPSA) is 74.5 Å². The van der Waals surface area contributed by atoms with Gasteiger partial charge in [-0.25, -0.2) is 9.97 Å². The molecule has 5 rings (SSSR count). The SMILES string of the molecule is C[C@]12CC[C@H](N=[N+]=[N-])CC1=CCC1C2CC[C@]2(C)C(c3cncnc3)=CCC12. The molecule has 0 spiro atoms. The fourth-order valence-electron chi connectivity index (χ4n) is 7.27. The van der Waals surface area contributed by atoms with E-state index in [9.17, 15) is 0 Å². The Morgan fingerprint density at radius 1 is 1.04 bits per heavy atom. The van der Waals surface area contributed by atoms with Crippen LogP contribution in [0.1, 0.15) is 64.4 Å². The van der Waals surface area contributed by atoms with Crippen molar-refractivity contribution in [2.24, 2.45) is 33.7 Å². The summed E-state index contributed by atoms with van der Waals surface area (Å²) in [7, 11) is 0. The monoisotopic (exact) mass is 375 g/mol. The van der Waals surface area contributed by atoms with Gasteiger partial charge in [-0.2, -0.15) is 0 Å². The summed E-state index contributed by atoms with van der Waals surface area (Å²) in [5.74, 6) is 2.23. The number of allylic oxidation sites excluding steroid dienone is 3. The lowest BCUT2D eigenvalue weighted by molar-refractivity contribution is -0.0112. The van der Waals surface area contributed by atoms with Gasteiger partial charge in [-0.3, -0.25) is 0 Å². The van der Waals surface area contributed by atoms with Gasteiger partial charge in [0.25, 0.3) is 0 Å². The fourth-order valence-corrected chi connectivity index (χ4v) is 7.27. The molecule has 0 amide bonds. The maximum atomic E-state index is 8.84. The molecule has 5 nitrogen and oxygen atoms in total. The van der Waals surface area contributed by atoms with Crippen LogP contribution in [0.4, 0.5) is 0 Å². The third kappa shape index (κ3) is 2.49. The molecule has 1 heterocycles. The lowest BCUT2D eigenvalue weighted by atomic mass is 9.47. The Hall–Kier alpha value is -2.13. The molecular formula is C23H29N5. The van der Waals surface area contributed by atoms with Gasteiger partial charge < -0.3 is 0 Å². The van der Waals surface area contributed by atoms with Crippen molar-refractivity contribution in [3.8, 4) is 0 Å². The standard InChI is InChI=1S/C23H29N5/c1-22-9-7-17(27-28-24)11-16(22)3-4-18-20-6-5-19(15-12-25-14-26-13-15)23(20,2)10-8-21(18)22/h3,5,12-14,17-18,20-21H,4,6-11H2,1-2H3/t17-,18?,20?,21?,22-,23+/m0/s1. The predicted octanol–water partition coefficient (Wildman–Crippen LogP) is 6.11. The highest BCUT2D eigenvalue weighted by molar-refractivity contribution is 5.72. The molecule has 0 N–H and O–H groups in total. The van der Waals surface area contributed by atoms with Gasteiger partial charge >= 0.3 is 0 Å². The first-order valence-corrected chi connectivity index (χ1v) is 10.8. The number of nitrogens with zero attached hydrogens (tertiary/aromatic N) is 5. The van der Waals surface area contributed by atoms with Crippen LogP contribution in [0.2, 0.25) is 0 Å². The molecule has 1 aromatic rings. The molecule has 4 aliphatic carbocycles. The van der Waals surface area contributed by atoms with E-state index < -0.39 is 0 Å². The summed E-state index contributed by atoms with van der Waals surface area (Å²) >= 11 is 0. The first-order valence-electron chi connectivity index (χ1n) is 10.8. The number of fused-ring (bicyclic) bond motifs is 5. The highest BCUT2D eigenvalue weighted by atomic mass is 15.1. The third-order valence-electron chi connectivity index (χ3n) is 8.75. The molecular weight excluding hydrogens is 346 g/mol. The molecule has 4 aliphatic rings. The molecule has 2 saturated carbocycles. The van der Waals surface area contributed by atoms with Crippen LogP contribution in [0.3, 0.4) is 0 Å². The average Bonchev–Trinajstić information content (AvgIpc) is 3.06. The molecule has 0 aliphatic heterocycles. The minimum Gasteiger partial charge on any atom is -0.244 e. The van der Waals surface area contributed by atoms with E-state index in [0.717, 1.165) is 24.7 Å². The molecule has 1 aromatic heterocycles. The fraction of sp³-hybridized carbons (Fsp3) is 0.652. The molecule has 146 valence electrons. The van der Waals surface area contributed by atoms with Crippen molar-refractivity contribution in [1.29, 1.82) is 0 Å². The number of hydrogen-bond donors (Lipinski definition) is 0. The Balaban J connectivity index is 1.44. The highest BCUT2D eigenvalue weighted by Crippen LogP contribution is 2.66. The van der Waals surface area contributed by atoms with Gasteiger partial charge in [0.05, 0.1) is 0 Å². The van der Waals surface area contributed by atoms with Crippen molar-refractivity contribution in [2.45, 2.75) is 64.8 Å². The molecule has 5 heteroatoms. The molecule has 2 fully saturated rings. The zero-order valence-corrected chi connectivity index (χ0v) is 16.9. The molecule has 0 saturated heterocycles. The van der Waals surface area contributed by atoms with Crippen LogP contribution < -0.4 is 0 Å². The third-order valence-corrected chi connectivity index (χ3v) is 8.75. The smallest absolute Gasteiger partial charge is 0.115 e. The summed E-state index contributed by atoms with van der Waals surface area (Å²) in [6.07, 6.45) is 18.7. The molecule has 3 unspecified atom stereocenters. The highest BCUT2D eigenvalue weighted by Gasteiger charge is 2.56. The summed E-state index contributed by atoms with van der Waals surface area (Å²) in [4.78, 5) is 11.6. The Morgan fingerprint density at radius 2 is 1.82 bits per heavy atom. The van der Waals surface area contributed by atoms with E-state index >= 15 is 0 Å². The van der Waals surface area contributed by atoms with Gasteiger partial charge in [0.15, 0.2) is 0 Å². The summed E-state index contributed by atoms with van der Waals surface area (Å²) in [5.41, 5.74) is 13.6. The normalized spacial score (nSPS) is 41.6. The lowest BCUT2D eigenvalue weighted by Gasteiger charge is -2.57. The van der Waals surface area contributed by atoms with E-state index in [1.165, 1.54) is 43.2 Å². The van der Waals surface area contributed by atoms with Crippen molar-refractivity contribution >= 4 is 5.57 Å². The van der Waals surface area contributed by atoms with Gasteiger partial charge in [-0.15, -0.1) is 0 Å². The summed E-state index contributed by atoms with van der Waals surface area (Å²) in [6.45, 7) is 4.98. The van der Waals surface area contributed by atoms with Crippen LogP contribution >= 0.6 is 0 Å². The molecule has 0 bridgehead atoms. The Morgan fingerprint density at radius 3 is 2.61 bits per heavy atom. The largest absolute Gasteiger partial charge is 0.244 e. The molecule has 28 heavy (non-hydrogen) atoms. The van der Waals surface area contributed by atoms with Crippen molar-refractivity contribution in [3.05, 3.63) is 52.5 Å². The Kier molecular flexibility index (Phi) is 4.13. The van der Waals surface area contributed by atoms with E-state index in [-0.39, 0.29) is 11.5 Å². The maximum absolute atomic E-state index is 8.84. The van der Waals surface area contributed by atoms with Crippen LogP contribution in [0, 0.1) is 28.6 Å². The first-order chi connectivity index (χ1) is 13.6. The van der Waals surface area contributed by atoms with E-state index in [4.69, 9.17) is 5.53 Å². The van der Waals surface area contributed by atoms with Gasteiger partial charge in [0.1, 0.15) is 6.33 Å². The number of hydrogen-bond acceptors (Lipinski definition) is 3. The zero-order valence-electron chi connectivity index (χ0n) is 16.9. The van der Waals surface area contributed by atoms with Gasteiger partial charge in [-0.05, 0) is 84.6 Å². The minimum absolute atomic E-state index is 0.160. The second-order valence-corrected chi connectivity index (χ2v) is 9.80. The first kappa shape index (κ1) is 17.9. The van der Waals surface area contributed by atoms with E-state index in [0.29, 0.717) is 11.3 Å². The Bertz CT molecular complexity index is 884. The van der Waals surface area contributed by atoms with E-state index in [1.807, 2.05) is 12.4 Å². The Labute approximate surface area is 167 Å². The molecule has 6 atom stereocenters. The van der Waals surface area contributed by atoms with Crippen LogP contribution in [-0.2, 0) is 0 Å². The summed E-state index contributed by atoms with van der Waals surface area (Å²) < 4.78 is 0. The van der Waals surface area contributed by atoms with E-state index in [2.05, 4.69) is 46.0 Å². The number of aromatic nitrogens is 2. The number of rotatable bonds is 2. The minimum atomic E-state index is 0.160. The lowest BCUT2D eigenvalue weighted by Crippen LogP contribution is -2.49. The predicted molar refractivity (Wildman–Crippen MR) is 110 cm³/mol. The number of azide groups is 1. The summed E-state index contributed by atoms with van der Waals surface area (Å²) in [5, 5.41) is 4.04. The van der Waals surface area contributed by atoms with Gasteiger partial charge in [0, 0.05) is 28.9 Å². The second-order valence-electron chi connectivity index (χ2n) is 9.80. The van der Waals surface area contributed by atoms with Crippen molar-refractivity contribution in [3.63, 3.8) is 0 Å². The van der Waals surface area contributed by atoms with Crippen molar-refractivity contribution < 1.29 is 0 Å². The molecule has 0 radical (unpaired) electrons.